The largest absolute Gasteiger partial charge is 0.534 e. The average Bonchev–Trinajstić information content (AvgIpc) is 2.63. The van der Waals surface area contributed by atoms with Gasteiger partial charge in [-0.1, -0.05) is 0 Å². The number of hydrogen-bond acceptors (Lipinski definition) is 5. The summed E-state index contributed by atoms with van der Waals surface area (Å²) < 4.78 is 75.0. The second kappa shape index (κ2) is 4.05. The molecule has 2 rings (SSSR count). The van der Waals surface area contributed by atoms with Gasteiger partial charge in [0.1, 0.15) is 11.3 Å². The van der Waals surface area contributed by atoms with Gasteiger partial charge in [-0.15, -0.1) is 11.3 Å². The third-order valence-electron chi connectivity index (χ3n) is 1.85. The zero-order valence-electron chi connectivity index (χ0n) is 8.23. The number of halogens is 4. The van der Waals surface area contributed by atoms with Crippen LogP contribution in [-0.2, 0) is 10.1 Å². The Morgan fingerprint density at radius 1 is 1.28 bits per heavy atom. The van der Waals surface area contributed by atoms with Crippen LogP contribution in [0.1, 0.15) is 0 Å². The maximum atomic E-state index is 13.3. The normalized spacial score (nSPS) is 12.9. The van der Waals surface area contributed by atoms with Crippen molar-refractivity contribution in [3.05, 3.63) is 23.5 Å². The lowest BCUT2D eigenvalue weighted by atomic mass is 10.3. The Labute approximate surface area is 102 Å². The summed E-state index contributed by atoms with van der Waals surface area (Å²) in [5.74, 6) is -1.71. The van der Waals surface area contributed by atoms with E-state index in [2.05, 4.69) is 9.17 Å². The smallest absolute Gasteiger partial charge is 0.376 e. The molecule has 0 saturated heterocycles. The summed E-state index contributed by atoms with van der Waals surface area (Å²) in [7, 11) is -5.80. The molecule has 0 amide bonds. The van der Waals surface area contributed by atoms with Crippen LogP contribution in [0.3, 0.4) is 0 Å². The predicted octanol–water partition coefficient (Wildman–Crippen LogP) is 2.66. The molecule has 0 bridgehead atoms. The van der Waals surface area contributed by atoms with Crippen molar-refractivity contribution in [2.24, 2.45) is 0 Å². The second-order valence-corrected chi connectivity index (χ2v) is 5.51. The fraction of sp³-hybridized carbons (Fsp3) is 0.125. The molecule has 1 aromatic carbocycles. The van der Waals surface area contributed by atoms with Gasteiger partial charge in [-0.3, -0.25) is 0 Å². The average molecular weight is 301 g/mol. The first kappa shape index (κ1) is 13.0. The van der Waals surface area contributed by atoms with Gasteiger partial charge < -0.3 is 4.18 Å². The number of rotatable bonds is 2. The predicted molar refractivity (Wildman–Crippen MR) is 55.2 cm³/mol. The van der Waals surface area contributed by atoms with E-state index in [1.807, 2.05) is 0 Å². The molecule has 0 spiro atoms. The van der Waals surface area contributed by atoms with Gasteiger partial charge in [0, 0.05) is 12.1 Å². The van der Waals surface area contributed by atoms with Crippen LogP contribution in [0, 0.1) is 5.82 Å². The fourth-order valence-corrected chi connectivity index (χ4v) is 2.28. The molecule has 0 atom stereocenters. The molecule has 0 fully saturated rings. The number of benzene rings is 1. The topological polar surface area (TPSA) is 56.3 Å². The van der Waals surface area contributed by atoms with Crippen LogP contribution in [0.4, 0.5) is 17.6 Å². The number of nitrogens with zero attached hydrogens (tertiary/aromatic N) is 1. The van der Waals surface area contributed by atoms with E-state index < -0.39 is 27.2 Å². The Bertz CT molecular complexity index is 692. The van der Waals surface area contributed by atoms with Crippen molar-refractivity contribution in [3.8, 4) is 5.75 Å². The van der Waals surface area contributed by atoms with Gasteiger partial charge in [-0.2, -0.15) is 21.6 Å². The van der Waals surface area contributed by atoms with E-state index in [1.165, 1.54) is 5.51 Å². The molecule has 0 radical (unpaired) electrons. The van der Waals surface area contributed by atoms with Crippen LogP contribution < -0.4 is 4.18 Å². The van der Waals surface area contributed by atoms with Crippen LogP contribution in [0.2, 0.25) is 0 Å². The summed E-state index contributed by atoms with van der Waals surface area (Å²) >= 11 is 0.942. The number of thiazole rings is 1. The van der Waals surface area contributed by atoms with Crippen molar-refractivity contribution in [2.75, 3.05) is 0 Å². The molecule has 18 heavy (non-hydrogen) atoms. The van der Waals surface area contributed by atoms with E-state index in [4.69, 9.17) is 0 Å². The monoisotopic (exact) mass is 301 g/mol. The first-order chi connectivity index (χ1) is 8.21. The standard InChI is InChI=1S/C8H3F4NO3S2/c9-5-1-4(2-6-7(5)13-3-17-6)16-18(14,15)8(10,11)12/h1-3H. The van der Waals surface area contributed by atoms with Crippen LogP contribution in [-0.4, -0.2) is 18.9 Å². The van der Waals surface area contributed by atoms with Crippen LogP contribution >= 0.6 is 11.3 Å². The van der Waals surface area contributed by atoms with Gasteiger partial charge >= 0.3 is 15.6 Å². The van der Waals surface area contributed by atoms with Crippen molar-refractivity contribution in [1.29, 1.82) is 0 Å². The van der Waals surface area contributed by atoms with Gasteiger partial charge in [0.25, 0.3) is 0 Å². The zero-order chi connectivity index (χ0) is 13.6. The highest BCUT2D eigenvalue weighted by atomic mass is 32.2. The van der Waals surface area contributed by atoms with E-state index in [1.54, 1.807) is 0 Å². The first-order valence-corrected chi connectivity index (χ1v) is 6.53. The van der Waals surface area contributed by atoms with Gasteiger partial charge in [-0.05, 0) is 0 Å². The van der Waals surface area contributed by atoms with Crippen LogP contribution in [0.15, 0.2) is 17.6 Å². The third kappa shape index (κ3) is 2.25. The lowest BCUT2D eigenvalue weighted by molar-refractivity contribution is -0.0500. The van der Waals surface area contributed by atoms with Gasteiger partial charge in [-0.25, -0.2) is 9.37 Å². The minimum absolute atomic E-state index is 0.0586. The molecule has 1 aromatic heterocycles. The van der Waals surface area contributed by atoms with Crippen molar-refractivity contribution in [2.45, 2.75) is 5.51 Å². The second-order valence-electron chi connectivity index (χ2n) is 3.09. The molecule has 0 aliphatic heterocycles. The fourth-order valence-electron chi connectivity index (χ4n) is 1.12. The summed E-state index contributed by atoms with van der Waals surface area (Å²) in [6, 6.07) is 1.50. The van der Waals surface area contributed by atoms with Crippen molar-refractivity contribution >= 4 is 31.7 Å². The Hall–Kier alpha value is -1.42. The third-order valence-corrected chi connectivity index (χ3v) is 3.61. The molecule has 10 heteroatoms. The molecule has 4 nitrogen and oxygen atoms in total. The van der Waals surface area contributed by atoms with Gasteiger partial charge in [0.2, 0.25) is 0 Å². The van der Waals surface area contributed by atoms with Crippen LogP contribution in [0.5, 0.6) is 5.75 Å². The maximum Gasteiger partial charge on any atom is 0.534 e. The molecule has 0 aliphatic rings. The molecule has 1 heterocycles. The Morgan fingerprint density at radius 3 is 2.56 bits per heavy atom. The minimum atomic E-state index is -5.80. The molecule has 2 aromatic rings. The van der Waals surface area contributed by atoms with E-state index in [0.717, 1.165) is 17.4 Å². The summed E-state index contributed by atoms with van der Waals surface area (Å²) in [4.78, 5) is 3.62. The molecule has 98 valence electrons. The summed E-state index contributed by atoms with van der Waals surface area (Å²) in [6.45, 7) is 0. The molecule has 0 aliphatic carbocycles. The lowest BCUT2D eigenvalue weighted by Gasteiger charge is -2.09. The lowest BCUT2D eigenvalue weighted by Crippen LogP contribution is -2.28. The highest BCUT2D eigenvalue weighted by molar-refractivity contribution is 7.88. The molecular formula is C8H3F4NO3S2. The molecule has 0 N–H and O–H groups in total. The quantitative estimate of drug-likeness (QED) is 0.486. The summed E-state index contributed by atoms with van der Waals surface area (Å²) in [5, 5.41) is 0. The Balaban J connectivity index is 2.45. The number of fused-ring (bicyclic) bond motifs is 1. The van der Waals surface area contributed by atoms with Crippen LogP contribution in [0.25, 0.3) is 10.2 Å². The van der Waals surface area contributed by atoms with Crippen molar-refractivity contribution < 1.29 is 30.2 Å². The first-order valence-electron chi connectivity index (χ1n) is 4.24. The summed E-state index contributed by atoms with van der Waals surface area (Å²) in [5.41, 5.74) is -4.35. The highest BCUT2D eigenvalue weighted by Gasteiger charge is 2.48. The Kier molecular flexibility index (Phi) is 2.93. The van der Waals surface area contributed by atoms with E-state index >= 15 is 0 Å². The maximum absolute atomic E-state index is 13.3. The summed E-state index contributed by atoms with van der Waals surface area (Å²) in [6.07, 6.45) is 0. The van der Waals surface area contributed by atoms with Crippen molar-refractivity contribution in [3.63, 3.8) is 0 Å². The highest BCUT2D eigenvalue weighted by Crippen LogP contribution is 2.31. The molecule has 0 unspecified atom stereocenters. The van der Waals surface area contributed by atoms with E-state index in [9.17, 15) is 26.0 Å². The van der Waals surface area contributed by atoms with E-state index in [0.29, 0.717) is 6.07 Å². The van der Waals surface area contributed by atoms with Crippen molar-refractivity contribution in [1.82, 2.24) is 4.98 Å². The molecule has 0 saturated carbocycles. The van der Waals surface area contributed by atoms with Gasteiger partial charge in [0.05, 0.1) is 10.2 Å². The number of hydrogen-bond donors (Lipinski definition) is 0. The SMILES string of the molecule is O=S(=O)(Oc1cc(F)c2ncsc2c1)C(F)(F)F. The molecular weight excluding hydrogens is 298 g/mol. The van der Waals surface area contributed by atoms with Gasteiger partial charge in [0.15, 0.2) is 5.82 Å². The number of aromatic nitrogens is 1. The minimum Gasteiger partial charge on any atom is -0.376 e. The Morgan fingerprint density at radius 2 is 1.94 bits per heavy atom. The number of alkyl halides is 3. The zero-order valence-corrected chi connectivity index (χ0v) is 9.87. The van der Waals surface area contributed by atoms with E-state index in [-0.39, 0.29) is 10.2 Å².